The number of carboxylic acid groups (broad SMARTS) is 1. The zero-order valence-electron chi connectivity index (χ0n) is 11.6. The number of nitrogens with one attached hydrogen (secondary N) is 1. The van der Waals surface area contributed by atoms with E-state index in [4.69, 9.17) is 9.84 Å². The van der Waals surface area contributed by atoms with E-state index in [2.05, 4.69) is 21.2 Å². The first kappa shape index (κ1) is 16.0. The van der Waals surface area contributed by atoms with E-state index in [1.165, 1.54) is 6.08 Å². The van der Waals surface area contributed by atoms with Gasteiger partial charge in [-0.15, -0.1) is 0 Å². The molecule has 8 heteroatoms. The third kappa shape index (κ3) is 3.45. The molecule has 0 radical (unpaired) electrons. The van der Waals surface area contributed by atoms with Gasteiger partial charge in [-0.3, -0.25) is 9.59 Å². The van der Waals surface area contributed by atoms with Crippen molar-refractivity contribution in [2.45, 2.75) is 6.92 Å². The van der Waals surface area contributed by atoms with Crippen molar-refractivity contribution in [2.24, 2.45) is 0 Å². The molecule has 0 aliphatic carbocycles. The van der Waals surface area contributed by atoms with Gasteiger partial charge in [-0.25, -0.2) is 9.69 Å². The number of ether oxygens (including phenoxy) is 1. The van der Waals surface area contributed by atoms with Crippen molar-refractivity contribution in [2.75, 3.05) is 13.2 Å². The lowest BCUT2D eigenvalue weighted by molar-refractivity contribution is -0.140. The van der Waals surface area contributed by atoms with E-state index in [1.54, 1.807) is 18.2 Å². The predicted molar refractivity (Wildman–Crippen MR) is 81.2 cm³/mol. The van der Waals surface area contributed by atoms with Crippen LogP contribution in [0.4, 0.5) is 4.79 Å². The highest BCUT2D eigenvalue weighted by atomic mass is 79.9. The summed E-state index contributed by atoms with van der Waals surface area (Å²) < 4.78 is 6.24. The summed E-state index contributed by atoms with van der Waals surface area (Å²) in [4.78, 5) is 35.0. The summed E-state index contributed by atoms with van der Waals surface area (Å²) in [6.07, 6.45) is 1.46. The number of hydrogen-bond donors (Lipinski definition) is 2. The van der Waals surface area contributed by atoms with Gasteiger partial charge in [0.15, 0.2) is 0 Å². The van der Waals surface area contributed by atoms with Crippen LogP contribution < -0.4 is 10.1 Å². The van der Waals surface area contributed by atoms with E-state index in [0.29, 0.717) is 22.8 Å². The predicted octanol–water partition coefficient (Wildman–Crippen LogP) is 1.83. The third-order valence-corrected chi connectivity index (χ3v) is 3.32. The second kappa shape index (κ2) is 6.61. The molecule has 2 N–H and O–H groups in total. The monoisotopic (exact) mass is 368 g/mol. The molecule has 1 heterocycles. The van der Waals surface area contributed by atoms with E-state index < -0.39 is 24.5 Å². The van der Waals surface area contributed by atoms with Gasteiger partial charge in [0.05, 0.1) is 6.61 Å². The maximum Gasteiger partial charge on any atom is 0.329 e. The quantitative estimate of drug-likeness (QED) is 0.610. The van der Waals surface area contributed by atoms with Crippen LogP contribution in [-0.2, 0) is 9.59 Å². The van der Waals surface area contributed by atoms with Gasteiger partial charge in [0.2, 0.25) is 0 Å². The van der Waals surface area contributed by atoms with Gasteiger partial charge in [0.1, 0.15) is 18.0 Å². The first-order valence-electron chi connectivity index (χ1n) is 6.41. The Balaban J connectivity index is 2.34. The molecule has 1 aromatic carbocycles. The number of carbonyl (C=O) groups excluding carboxylic acids is 2. The van der Waals surface area contributed by atoms with Gasteiger partial charge < -0.3 is 15.2 Å². The highest BCUT2D eigenvalue weighted by molar-refractivity contribution is 9.10. The maximum absolute atomic E-state index is 12.1. The standard InChI is InChI=1S/C14H13BrN2O5/c1-2-22-11-4-3-9(15)5-8(11)6-10-13(20)17(7-12(18)19)14(21)16-10/h3-6H,2,7H2,1H3,(H,16,21)(H,18,19)/b10-6+. The molecular formula is C14H13BrN2O5. The summed E-state index contributed by atoms with van der Waals surface area (Å²) in [5, 5.41) is 11.1. The minimum atomic E-state index is -1.26. The Labute approximate surface area is 134 Å². The molecule has 0 unspecified atom stereocenters. The minimum absolute atomic E-state index is 0.00491. The first-order valence-corrected chi connectivity index (χ1v) is 7.20. The number of carboxylic acids is 1. The molecule has 0 saturated carbocycles. The van der Waals surface area contributed by atoms with Crippen molar-refractivity contribution in [3.8, 4) is 5.75 Å². The second-order valence-electron chi connectivity index (χ2n) is 4.39. The van der Waals surface area contributed by atoms with Gasteiger partial charge in [0, 0.05) is 10.0 Å². The molecule has 22 heavy (non-hydrogen) atoms. The fraction of sp³-hybridized carbons (Fsp3) is 0.214. The van der Waals surface area contributed by atoms with Crippen molar-refractivity contribution in [3.05, 3.63) is 33.9 Å². The number of rotatable bonds is 5. The molecule has 1 fully saturated rings. The van der Waals surface area contributed by atoms with Gasteiger partial charge in [-0.2, -0.15) is 0 Å². The number of hydrogen-bond acceptors (Lipinski definition) is 4. The van der Waals surface area contributed by atoms with Crippen LogP contribution in [-0.4, -0.2) is 41.1 Å². The highest BCUT2D eigenvalue weighted by Crippen LogP contribution is 2.26. The fourth-order valence-electron chi connectivity index (χ4n) is 1.93. The number of nitrogens with zero attached hydrogens (tertiary/aromatic N) is 1. The number of benzene rings is 1. The van der Waals surface area contributed by atoms with E-state index in [0.717, 1.165) is 4.47 Å². The van der Waals surface area contributed by atoms with E-state index in [9.17, 15) is 14.4 Å². The van der Waals surface area contributed by atoms with Crippen LogP contribution in [0.1, 0.15) is 12.5 Å². The molecule has 1 aromatic rings. The topological polar surface area (TPSA) is 95.9 Å². The van der Waals surface area contributed by atoms with Crippen molar-refractivity contribution >= 4 is 39.9 Å². The summed E-state index contributed by atoms with van der Waals surface area (Å²) in [5.41, 5.74) is 0.599. The smallest absolute Gasteiger partial charge is 0.329 e. The Morgan fingerprint density at radius 1 is 1.45 bits per heavy atom. The summed E-state index contributed by atoms with van der Waals surface area (Å²) in [6.45, 7) is 1.60. The van der Waals surface area contributed by atoms with E-state index >= 15 is 0 Å². The van der Waals surface area contributed by atoms with Crippen LogP contribution in [0.15, 0.2) is 28.4 Å². The molecule has 0 spiro atoms. The minimum Gasteiger partial charge on any atom is -0.493 e. The van der Waals surface area contributed by atoms with E-state index in [1.807, 2.05) is 6.92 Å². The van der Waals surface area contributed by atoms with E-state index in [-0.39, 0.29) is 5.70 Å². The molecule has 3 amide bonds. The van der Waals surface area contributed by atoms with Crippen LogP contribution in [0.3, 0.4) is 0 Å². The zero-order chi connectivity index (χ0) is 16.3. The van der Waals surface area contributed by atoms with Crippen LogP contribution in [0, 0.1) is 0 Å². The Bertz CT molecular complexity index is 671. The lowest BCUT2D eigenvalue weighted by Gasteiger charge is -2.08. The average Bonchev–Trinajstić information content (AvgIpc) is 2.69. The van der Waals surface area contributed by atoms with Crippen molar-refractivity contribution in [3.63, 3.8) is 0 Å². The summed E-state index contributed by atoms with van der Waals surface area (Å²) in [6, 6.07) is 4.50. The van der Waals surface area contributed by atoms with Crippen LogP contribution in [0.2, 0.25) is 0 Å². The molecule has 2 rings (SSSR count). The number of aliphatic carboxylic acids is 1. The normalized spacial score (nSPS) is 16.1. The second-order valence-corrected chi connectivity index (χ2v) is 5.30. The molecule has 116 valence electrons. The number of halogens is 1. The molecule has 1 saturated heterocycles. The Hall–Kier alpha value is -2.35. The number of amides is 3. The molecule has 0 aromatic heterocycles. The van der Waals surface area contributed by atoms with Gasteiger partial charge in [-0.05, 0) is 31.2 Å². The van der Waals surface area contributed by atoms with Crippen LogP contribution >= 0.6 is 15.9 Å². The number of urea groups is 1. The summed E-state index contributed by atoms with van der Waals surface area (Å²) >= 11 is 3.32. The molecule has 7 nitrogen and oxygen atoms in total. The van der Waals surface area contributed by atoms with Gasteiger partial charge >= 0.3 is 12.0 Å². The molecule has 1 aliphatic rings. The fourth-order valence-corrected chi connectivity index (χ4v) is 2.30. The maximum atomic E-state index is 12.1. The molecule has 0 atom stereocenters. The highest BCUT2D eigenvalue weighted by Gasteiger charge is 2.35. The Morgan fingerprint density at radius 2 is 2.18 bits per heavy atom. The Kier molecular flexibility index (Phi) is 4.81. The van der Waals surface area contributed by atoms with Crippen LogP contribution in [0.25, 0.3) is 6.08 Å². The molecule has 0 bridgehead atoms. The summed E-state index contributed by atoms with van der Waals surface area (Å²) in [7, 11) is 0. The first-order chi connectivity index (χ1) is 10.4. The van der Waals surface area contributed by atoms with Gasteiger partial charge in [-0.1, -0.05) is 15.9 Å². The van der Waals surface area contributed by atoms with Crippen molar-refractivity contribution in [1.82, 2.24) is 10.2 Å². The third-order valence-electron chi connectivity index (χ3n) is 2.83. The van der Waals surface area contributed by atoms with Crippen molar-refractivity contribution < 1.29 is 24.2 Å². The molecular weight excluding hydrogens is 356 g/mol. The zero-order valence-corrected chi connectivity index (χ0v) is 13.2. The number of imide groups is 1. The van der Waals surface area contributed by atoms with Crippen molar-refractivity contribution in [1.29, 1.82) is 0 Å². The lowest BCUT2D eigenvalue weighted by atomic mass is 10.1. The SMILES string of the molecule is CCOc1ccc(Br)cc1/C=C1/NC(=O)N(CC(=O)O)C1=O. The Morgan fingerprint density at radius 3 is 2.82 bits per heavy atom. The average molecular weight is 369 g/mol. The van der Waals surface area contributed by atoms with Crippen LogP contribution in [0.5, 0.6) is 5.75 Å². The number of carbonyl (C=O) groups is 3. The van der Waals surface area contributed by atoms with Gasteiger partial charge in [0.25, 0.3) is 5.91 Å². The summed E-state index contributed by atoms with van der Waals surface area (Å²) in [5.74, 6) is -1.39. The largest absolute Gasteiger partial charge is 0.493 e. The molecule has 1 aliphatic heterocycles. The lowest BCUT2D eigenvalue weighted by Crippen LogP contribution is -2.35.